The fourth-order valence-electron chi connectivity index (χ4n) is 2.21. The van der Waals surface area contributed by atoms with E-state index in [-0.39, 0.29) is 17.8 Å². The molecule has 3 aromatic rings. The zero-order valence-electron chi connectivity index (χ0n) is 14.4. The molecular formula is C19H18N2O4S. The number of aromatic nitrogens is 2. The molecule has 0 saturated carbocycles. The van der Waals surface area contributed by atoms with Crippen molar-refractivity contribution in [3.8, 4) is 5.75 Å². The first-order valence-electron chi connectivity index (χ1n) is 7.97. The van der Waals surface area contributed by atoms with Crippen LogP contribution in [0.3, 0.4) is 0 Å². The minimum atomic E-state index is -0.576. The van der Waals surface area contributed by atoms with Gasteiger partial charge in [0.15, 0.2) is 6.61 Å². The van der Waals surface area contributed by atoms with Crippen molar-refractivity contribution in [1.29, 1.82) is 0 Å². The molecule has 1 heterocycles. The van der Waals surface area contributed by atoms with Crippen LogP contribution in [0.2, 0.25) is 0 Å². The number of benzene rings is 2. The van der Waals surface area contributed by atoms with Crippen molar-refractivity contribution in [2.75, 3.05) is 7.11 Å². The van der Waals surface area contributed by atoms with Crippen molar-refractivity contribution in [2.45, 2.75) is 24.0 Å². The molecule has 6 nitrogen and oxygen atoms in total. The maximum Gasteiger partial charge on any atom is 0.323 e. The van der Waals surface area contributed by atoms with Crippen LogP contribution in [-0.4, -0.2) is 23.3 Å². The van der Waals surface area contributed by atoms with Crippen LogP contribution in [0.25, 0.3) is 0 Å². The fraction of sp³-hybridized carbons (Fsp3) is 0.211. The predicted octanol–water partition coefficient (Wildman–Crippen LogP) is 3.96. The number of rotatable bonds is 7. The van der Waals surface area contributed by atoms with Gasteiger partial charge in [-0.05, 0) is 36.4 Å². The minimum absolute atomic E-state index is 0.158. The quantitative estimate of drug-likeness (QED) is 0.460. The topological polar surface area (TPSA) is 74.5 Å². The van der Waals surface area contributed by atoms with Gasteiger partial charge in [-0.3, -0.25) is 4.79 Å². The first-order valence-corrected chi connectivity index (χ1v) is 8.85. The van der Waals surface area contributed by atoms with Crippen LogP contribution < -0.4 is 4.74 Å². The van der Waals surface area contributed by atoms with Gasteiger partial charge in [0.05, 0.1) is 7.11 Å². The van der Waals surface area contributed by atoms with Gasteiger partial charge in [-0.25, -0.2) is 0 Å². The third-order valence-corrected chi connectivity index (χ3v) is 4.63. The number of methoxy groups -OCH3 is 1. The molecule has 134 valence electrons. The highest BCUT2D eigenvalue weighted by Crippen LogP contribution is 2.35. The average Bonchev–Trinajstić information content (AvgIpc) is 3.13. The van der Waals surface area contributed by atoms with E-state index in [1.807, 2.05) is 61.5 Å². The van der Waals surface area contributed by atoms with Crippen LogP contribution in [0, 0.1) is 6.92 Å². The van der Waals surface area contributed by atoms with Gasteiger partial charge in [-0.15, -0.1) is 10.2 Å². The summed E-state index contributed by atoms with van der Waals surface area (Å²) in [7, 11) is 1.35. The Morgan fingerprint density at radius 2 is 1.85 bits per heavy atom. The van der Waals surface area contributed by atoms with Crippen LogP contribution in [0.5, 0.6) is 5.75 Å². The van der Waals surface area contributed by atoms with Crippen LogP contribution in [0.4, 0.5) is 0 Å². The van der Waals surface area contributed by atoms with Gasteiger partial charge < -0.3 is 13.9 Å². The number of aryl methyl sites for hydroxylation is 1. The predicted molar refractivity (Wildman–Crippen MR) is 96.9 cm³/mol. The van der Waals surface area contributed by atoms with Crippen molar-refractivity contribution < 1.29 is 18.7 Å². The number of esters is 1. The number of carbonyl (C=O) groups excluding carboxylic acids is 1. The van der Waals surface area contributed by atoms with Gasteiger partial charge in [0.2, 0.25) is 0 Å². The summed E-state index contributed by atoms with van der Waals surface area (Å²) in [6.07, 6.45) is 0. The van der Waals surface area contributed by atoms with E-state index in [9.17, 15) is 4.79 Å². The van der Waals surface area contributed by atoms with Crippen molar-refractivity contribution in [1.82, 2.24) is 10.2 Å². The molecule has 1 unspecified atom stereocenters. The summed E-state index contributed by atoms with van der Waals surface area (Å²) in [6.45, 7) is 2.17. The van der Waals surface area contributed by atoms with Gasteiger partial charge in [-0.1, -0.05) is 48.0 Å². The summed E-state index contributed by atoms with van der Waals surface area (Å²) in [4.78, 5) is 12.1. The normalized spacial score (nSPS) is 11.8. The zero-order valence-corrected chi connectivity index (χ0v) is 15.2. The van der Waals surface area contributed by atoms with Crippen molar-refractivity contribution in [3.05, 3.63) is 71.6 Å². The Hall–Kier alpha value is -2.80. The standard InChI is InChI=1S/C19H18N2O4S/c1-13-8-10-15(11-9-13)24-12-16-20-21-19(25-16)26-17(18(22)23-2)14-6-4-3-5-7-14/h3-11,17H,12H2,1-2H3. The second kappa shape index (κ2) is 8.53. The molecule has 0 bridgehead atoms. The highest BCUT2D eigenvalue weighted by Gasteiger charge is 2.25. The van der Waals surface area contributed by atoms with E-state index in [1.165, 1.54) is 7.11 Å². The lowest BCUT2D eigenvalue weighted by Crippen LogP contribution is -2.11. The Kier molecular flexibility index (Phi) is 5.91. The Balaban J connectivity index is 1.66. The Morgan fingerprint density at radius 1 is 1.12 bits per heavy atom. The molecule has 0 fully saturated rings. The van der Waals surface area contributed by atoms with E-state index in [4.69, 9.17) is 13.9 Å². The van der Waals surface area contributed by atoms with Crippen molar-refractivity contribution in [3.63, 3.8) is 0 Å². The molecule has 0 aliphatic carbocycles. The van der Waals surface area contributed by atoms with Gasteiger partial charge in [0.25, 0.3) is 11.1 Å². The zero-order chi connectivity index (χ0) is 18.4. The lowest BCUT2D eigenvalue weighted by atomic mass is 10.1. The minimum Gasteiger partial charge on any atom is -0.484 e. The number of thioether (sulfide) groups is 1. The monoisotopic (exact) mass is 370 g/mol. The Labute approximate surface area is 155 Å². The van der Waals surface area contributed by atoms with Crippen molar-refractivity contribution >= 4 is 17.7 Å². The van der Waals surface area contributed by atoms with E-state index in [0.29, 0.717) is 5.89 Å². The lowest BCUT2D eigenvalue weighted by Gasteiger charge is -2.12. The summed E-state index contributed by atoms with van der Waals surface area (Å²) in [5.41, 5.74) is 1.96. The lowest BCUT2D eigenvalue weighted by molar-refractivity contribution is -0.140. The van der Waals surface area contributed by atoms with Crippen LogP contribution in [0.15, 0.2) is 64.2 Å². The smallest absolute Gasteiger partial charge is 0.323 e. The fourth-order valence-corrected chi connectivity index (χ4v) is 3.13. The summed E-state index contributed by atoms with van der Waals surface area (Å²) >= 11 is 1.15. The molecule has 2 aromatic carbocycles. The molecule has 26 heavy (non-hydrogen) atoms. The molecule has 1 atom stereocenters. The molecule has 0 amide bonds. The molecule has 0 saturated heterocycles. The molecule has 0 aliphatic heterocycles. The Bertz CT molecular complexity index is 849. The third kappa shape index (κ3) is 4.64. The first-order chi connectivity index (χ1) is 12.7. The van der Waals surface area contributed by atoms with Gasteiger partial charge in [0.1, 0.15) is 11.0 Å². The van der Waals surface area contributed by atoms with E-state index >= 15 is 0 Å². The third-order valence-electron chi connectivity index (χ3n) is 3.57. The molecule has 1 aromatic heterocycles. The van der Waals surface area contributed by atoms with Gasteiger partial charge in [-0.2, -0.15) is 0 Å². The molecule has 0 radical (unpaired) electrons. The van der Waals surface area contributed by atoms with E-state index in [2.05, 4.69) is 10.2 Å². The summed E-state index contributed by atoms with van der Waals surface area (Å²) in [5, 5.41) is 7.66. The molecule has 3 rings (SSSR count). The summed E-state index contributed by atoms with van der Waals surface area (Å²) < 4.78 is 16.1. The van der Waals surface area contributed by atoms with Crippen LogP contribution in [-0.2, 0) is 16.1 Å². The number of hydrogen-bond acceptors (Lipinski definition) is 7. The van der Waals surface area contributed by atoms with Crippen LogP contribution >= 0.6 is 11.8 Å². The van der Waals surface area contributed by atoms with Crippen LogP contribution in [0.1, 0.15) is 22.3 Å². The number of nitrogens with zero attached hydrogens (tertiary/aromatic N) is 2. The van der Waals surface area contributed by atoms with E-state index in [0.717, 1.165) is 28.6 Å². The number of hydrogen-bond donors (Lipinski definition) is 0. The highest BCUT2D eigenvalue weighted by atomic mass is 32.2. The molecule has 0 aliphatic rings. The van der Waals surface area contributed by atoms with Gasteiger partial charge >= 0.3 is 5.97 Å². The second-order valence-corrected chi connectivity index (χ2v) is 6.55. The van der Waals surface area contributed by atoms with Gasteiger partial charge in [0, 0.05) is 0 Å². The number of ether oxygens (including phenoxy) is 2. The molecular weight excluding hydrogens is 352 g/mol. The largest absolute Gasteiger partial charge is 0.484 e. The molecule has 7 heteroatoms. The average molecular weight is 370 g/mol. The maximum absolute atomic E-state index is 12.1. The van der Waals surface area contributed by atoms with E-state index in [1.54, 1.807) is 0 Å². The highest BCUT2D eigenvalue weighted by molar-refractivity contribution is 8.00. The Morgan fingerprint density at radius 3 is 2.54 bits per heavy atom. The number of carbonyl (C=O) groups is 1. The molecule has 0 spiro atoms. The maximum atomic E-state index is 12.1. The summed E-state index contributed by atoms with van der Waals surface area (Å²) in [5.74, 6) is 0.682. The molecule has 0 N–H and O–H groups in total. The SMILES string of the molecule is COC(=O)C(Sc1nnc(COc2ccc(C)cc2)o1)c1ccccc1. The van der Waals surface area contributed by atoms with Crippen molar-refractivity contribution in [2.24, 2.45) is 0 Å². The van der Waals surface area contributed by atoms with E-state index < -0.39 is 5.25 Å². The second-order valence-electron chi connectivity index (χ2n) is 5.50. The first kappa shape index (κ1) is 18.0. The summed E-state index contributed by atoms with van der Waals surface area (Å²) in [6, 6.07) is 17.0.